The molecule has 1 aromatic rings. The Morgan fingerprint density at radius 3 is 2.32 bits per heavy atom. The van der Waals surface area contributed by atoms with Crippen molar-refractivity contribution in [1.82, 2.24) is 0 Å². The topological polar surface area (TPSA) is 61.6 Å². The van der Waals surface area contributed by atoms with E-state index in [1.807, 2.05) is 33.8 Å². The van der Waals surface area contributed by atoms with Crippen molar-refractivity contribution in [2.75, 3.05) is 13.2 Å². The monoisotopic (exact) mass is 265 g/mol. The van der Waals surface area contributed by atoms with Crippen molar-refractivity contribution in [3.63, 3.8) is 0 Å². The molecule has 4 heteroatoms. The largest absolute Gasteiger partial charge is 0.493 e. The van der Waals surface area contributed by atoms with E-state index < -0.39 is 0 Å². The minimum absolute atomic E-state index is 0.0637. The first-order valence-electron chi connectivity index (χ1n) is 6.63. The van der Waals surface area contributed by atoms with E-state index in [2.05, 4.69) is 0 Å². The van der Waals surface area contributed by atoms with Crippen LogP contribution in [0.3, 0.4) is 0 Å². The summed E-state index contributed by atoms with van der Waals surface area (Å²) in [7, 11) is 0. The average molecular weight is 265 g/mol. The van der Waals surface area contributed by atoms with Crippen LogP contribution in [-0.2, 0) is 0 Å². The number of hydrogen-bond donors (Lipinski definition) is 1. The fourth-order valence-corrected chi connectivity index (χ4v) is 2.15. The molecule has 0 aliphatic heterocycles. The Balaban J connectivity index is 3.57. The number of ketones is 1. The second-order valence-corrected chi connectivity index (χ2v) is 4.50. The molecule has 1 rings (SSSR count). The molecule has 0 aliphatic rings. The van der Waals surface area contributed by atoms with Gasteiger partial charge < -0.3 is 15.2 Å². The van der Waals surface area contributed by atoms with E-state index in [1.165, 1.54) is 6.92 Å². The van der Waals surface area contributed by atoms with Gasteiger partial charge in [0.1, 0.15) is 17.1 Å². The molecule has 0 saturated carbocycles. The maximum Gasteiger partial charge on any atom is 0.167 e. The second-order valence-electron chi connectivity index (χ2n) is 4.50. The molecule has 1 atom stereocenters. The van der Waals surface area contributed by atoms with Gasteiger partial charge in [-0.2, -0.15) is 0 Å². The molecule has 0 saturated heterocycles. The summed E-state index contributed by atoms with van der Waals surface area (Å²) in [6, 6.07) is 1.71. The van der Waals surface area contributed by atoms with Crippen molar-refractivity contribution in [2.45, 2.75) is 40.7 Å². The summed E-state index contributed by atoms with van der Waals surface area (Å²) in [6.07, 6.45) is 0. The molecule has 1 aromatic carbocycles. The zero-order valence-corrected chi connectivity index (χ0v) is 12.4. The number of Topliss-reactive ketones (excluding diaryl/α,β-unsaturated/α-hetero) is 1. The highest BCUT2D eigenvalue weighted by Crippen LogP contribution is 2.37. The molecule has 2 N–H and O–H groups in total. The highest BCUT2D eigenvalue weighted by Gasteiger charge is 2.22. The van der Waals surface area contributed by atoms with Gasteiger partial charge >= 0.3 is 0 Å². The van der Waals surface area contributed by atoms with Crippen LogP contribution in [0, 0.1) is 6.92 Å². The predicted molar refractivity (Wildman–Crippen MR) is 76.1 cm³/mol. The maximum absolute atomic E-state index is 11.9. The van der Waals surface area contributed by atoms with Gasteiger partial charge in [0.15, 0.2) is 5.78 Å². The van der Waals surface area contributed by atoms with Crippen LogP contribution in [0.5, 0.6) is 11.5 Å². The molecule has 0 bridgehead atoms. The van der Waals surface area contributed by atoms with Gasteiger partial charge in [-0.05, 0) is 51.8 Å². The summed E-state index contributed by atoms with van der Waals surface area (Å²) < 4.78 is 11.2. The molecular weight excluding hydrogens is 242 g/mol. The molecule has 0 aromatic heterocycles. The van der Waals surface area contributed by atoms with Crippen molar-refractivity contribution < 1.29 is 14.3 Å². The third-order valence-electron chi connectivity index (χ3n) is 2.96. The van der Waals surface area contributed by atoms with Gasteiger partial charge in [0.2, 0.25) is 0 Å². The van der Waals surface area contributed by atoms with Crippen LogP contribution in [0.2, 0.25) is 0 Å². The summed E-state index contributed by atoms with van der Waals surface area (Å²) in [6.45, 7) is 10.1. The standard InChI is InChI=1S/C15H23NO3/c1-6-18-13-8-12(10(4)16)9(3)15(19-7-2)14(13)11(5)17/h8,10H,6-7,16H2,1-5H3/t10-/m1/s1. The van der Waals surface area contributed by atoms with Gasteiger partial charge in [-0.3, -0.25) is 4.79 Å². The third kappa shape index (κ3) is 3.26. The van der Waals surface area contributed by atoms with Gasteiger partial charge in [-0.25, -0.2) is 0 Å². The summed E-state index contributed by atoms with van der Waals surface area (Å²) in [5, 5.41) is 0. The SMILES string of the molecule is CCOc1cc([C@@H](C)N)c(C)c(OCC)c1C(C)=O. The lowest BCUT2D eigenvalue weighted by atomic mass is 9.96. The Morgan fingerprint density at radius 1 is 1.32 bits per heavy atom. The fourth-order valence-electron chi connectivity index (χ4n) is 2.15. The van der Waals surface area contributed by atoms with Crippen molar-refractivity contribution in [3.8, 4) is 11.5 Å². The van der Waals surface area contributed by atoms with Crippen molar-refractivity contribution in [1.29, 1.82) is 0 Å². The number of nitrogens with two attached hydrogens (primary N) is 1. The zero-order valence-electron chi connectivity index (χ0n) is 12.4. The summed E-state index contributed by atoms with van der Waals surface area (Å²) >= 11 is 0. The number of carbonyl (C=O) groups is 1. The van der Waals surface area contributed by atoms with Crippen LogP contribution in [0.1, 0.15) is 55.2 Å². The van der Waals surface area contributed by atoms with Crippen LogP contribution in [0.25, 0.3) is 0 Å². The quantitative estimate of drug-likeness (QED) is 0.803. The van der Waals surface area contributed by atoms with Crippen molar-refractivity contribution >= 4 is 5.78 Å². The summed E-state index contributed by atoms with van der Waals surface area (Å²) in [5.41, 5.74) is 8.33. The lowest BCUT2D eigenvalue weighted by molar-refractivity contribution is 0.101. The molecule has 19 heavy (non-hydrogen) atoms. The molecule has 0 aliphatic carbocycles. The number of carbonyl (C=O) groups excluding carboxylic acids is 1. The number of rotatable bonds is 6. The van der Waals surface area contributed by atoms with Crippen molar-refractivity contribution in [2.24, 2.45) is 5.73 Å². The molecule has 0 amide bonds. The van der Waals surface area contributed by atoms with Crippen molar-refractivity contribution in [3.05, 3.63) is 22.8 Å². The molecule has 0 fully saturated rings. The first-order valence-corrected chi connectivity index (χ1v) is 6.63. The van der Waals surface area contributed by atoms with Crippen LogP contribution < -0.4 is 15.2 Å². The Morgan fingerprint density at radius 2 is 1.89 bits per heavy atom. The van der Waals surface area contributed by atoms with Gasteiger partial charge in [-0.15, -0.1) is 0 Å². The molecule has 106 valence electrons. The van der Waals surface area contributed by atoms with Crippen LogP contribution in [0.4, 0.5) is 0 Å². The lowest BCUT2D eigenvalue weighted by Crippen LogP contribution is -2.13. The normalized spacial score (nSPS) is 12.1. The molecule has 0 radical (unpaired) electrons. The molecule has 4 nitrogen and oxygen atoms in total. The van der Waals surface area contributed by atoms with E-state index >= 15 is 0 Å². The summed E-state index contributed by atoms with van der Waals surface area (Å²) in [4.78, 5) is 11.9. The minimum atomic E-state index is -0.139. The number of ether oxygens (including phenoxy) is 2. The van der Waals surface area contributed by atoms with Gasteiger partial charge in [0, 0.05) is 6.04 Å². The van der Waals surface area contributed by atoms with E-state index in [1.54, 1.807) is 0 Å². The van der Waals surface area contributed by atoms with Crippen LogP contribution >= 0.6 is 0 Å². The van der Waals surface area contributed by atoms with E-state index in [4.69, 9.17) is 15.2 Å². The number of benzene rings is 1. The first-order chi connectivity index (χ1) is 8.93. The Hall–Kier alpha value is -1.55. The first kappa shape index (κ1) is 15.5. The predicted octanol–water partition coefficient (Wildman–Crippen LogP) is 3.01. The maximum atomic E-state index is 11.9. The third-order valence-corrected chi connectivity index (χ3v) is 2.96. The zero-order chi connectivity index (χ0) is 14.6. The molecular formula is C15H23NO3. The van der Waals surface area contributed by atoms with Crippen LogP contribution in [-0.4, -0.2) is 19.0 Å². The Bertz CT molecular complexity index is 467. The highest BCUT2D eigenvalue weighted by molar-refractivity contribution is 6.00. The molecule has 0 unspecified atom stereocenters. The highest BCUT2D eigenvalue weighted by atomic mass is 16.5. The lowest BCUT2D eigenvalue weighted by Gasteiger charge is -2.20. The fraction of sp³-hybridized carbons (Fsp3) is 0.533. The number of hydrogen-bond acceptors (Lipinski definition) is 4. The smallest absolute Gasteiger partial charge is 0.167 e. The van der Waals surface area contributed by atoms with Gasteiger partial charge in [0.25, 0.3) is 0 Å². The van der Waals surface area contributed by atoms with Gasteiger partial charge in [0.05, 0.1) is 13.2 Å². The minimum Gasteiger partial charge on any atom is -0.493 e. The molecule has 0 spiro atoms. The van der Waals surface area contributed by atoms with E-state index in [0.29, 0.717) is 30.3 Å². The average Bonchev–Trinajstić information content (AvgIpc) is 2.32. The van der Waals surface area contributed by atoms with E-state index in [9.17, 15) is 4.79 Å². The Kier molecular flexibility index (Phi) is 5.36. The second kappa shape index (κ2) is 6.57. The Labute approximate surface area is 114 Å². The summed E-state index contributed by atoms with van der Waals surface area (Å²) in [5.74, 6) is 1.08. The molecule has 0 heterocycles. The van der Waals surface area contributed by atoms with E-state index in [-0.39, 0.29) is 11.8 Å². The van der Waals surface area contributed by atoms with E-state index in [0.717, 1.165) is 11.1 Å². The van der Waals surface area contributed by atoms with Crippen LogP contribution in [0.15, 0.2) is 6.07 Å². The van der Waals surface area contributed by atoms with Gasteiger partial charge in [-0.1, -0.05) is 0 Å².